The van der Waals surface area contributed by atoms with Crippen LogP contribution in [-0.4, -0.2) is 23.7 Å². The van der Waals surface area contributed by atoms with Crippen molar-refractivity contribution in [3.8, 4) is 0 Å². The number of primary amides is 1. The second-order valence-corrected chi connectivity index (χ2v) is 2.09. The Balaban J connectivity index is 3.30. The second kappa shape index (κ2) is 5.67. The number of imide groups is 1. The number of carbonyl (C=O) groups excluding carboxylic acids is 2. The van der Waals surface area contributed by atoms with Gasteiger partial charge in [-0.2, -0.15) is 0 Å². The molecule has 0 fully saturated rings. The molecule has 0 atom stereocenters. The van der Waals surface area contributed by atoms with Crippen molar-refractivity contribution in [2.75, 3.05) is 6.61 Å². The molecule has 3 amide bonds. The van der Waals surface area contributed by atoms with E-state index in [4.69, 9.17) is 5.11 Å². The number of aliphatic hydroxyl groups excluding tert-OH is 1. The summed E-state index contributed by atoms with van der Waals surface area (Å²) in [6, 6.07) is -0.834. The van der Waals surface area contributed by atoms with Crippen molar-refractivity contribution in [1.82, 2.24) is 5.32 Å². The minimum atomic E-state index is -0.834. The second-order valence-electron chi connectivity index (χ2n) is 2.09. The van der Waals surface area contributed by atoms with Gasteiger partial charge in [-0.3, -0.25) is 10.1 Å². The third-order valence-corrected chi connectivity index (χ3v) is 1.07. The highest BCUT2D eigenvalue weighted by atomic mass is 16.3. The number of urea groups is 1. The Labute approximate surface area is 64.6 Å². The average molecular weight is 160 g/mol. The van der Waals surface area contributed by atoms with Crippen molar-refractivity contribution >= 4 is 11.9 Å². The number of nitrogens with two attached hydrogens (primary N) is 1. The molecular weight excluding hydrogens is 148 g/mol. The van der Waals surface area contributed by atoms with Crippen LogP contribution >= 0.6 is 0 Å². The van der Waals surface area contributed by atoms with E-state index in [1.54, 1.807) is 0 Å². The van der Waals surface area contributed by atoms with Crippen LogP contribution in [0.4, 0.5) is 4.79 Å². The summed E-state index contributed by atoms with van der Waals surface area (Å²) in [4.78, 5) is 20.7. The lowest BCUT2D eigenvalue weighted by molar-refractivity contribution is -0.120. The van der Waals surface area contributed by atoms with Crippen LogP contribution in [0.25, 0.3) is 0 Å². The third kappa shape index (κ3) is 6.79. The molecule has 0 aliphatic heterocycles. The summed E-state index contributed by atoms with van der Waals surface area (Å²) in [7, 11) is 0. The van der Waals surface area contributed by atoms with Crippen LogP contribution in [-0.2, 0) is 4.79 Å². The molecule has 0 heterocycles. The Hall–Kier alpha value is -1.10. The van der Waals surface area contributed by atoms with Crippen LogP contribution in [0.5, 0.6) is 0 Å². The van der Waals surface area contributed by atoms with E-state index in [0.29, 0.717) is 12.8 Å². The molecule has 5 heteroatoms. The van der Waals surface area contributed by atoms with Gasteiger partial charge in [-0.15, -0.1) is 0 Å². The molecule has 0 unspecified atom stereocenters. The van der Waals surface area contributed by atoms with Crippen LogP contribution in [0.3, 0.4) is 0 Å². The first-order valence-corrected chi connectivity index (χ1v) is 3.37. The predicted molar refractivity (Wildman–Crippen MR) is 38.7 cm³/mol. The van der Waals surface area contributed by atoms with Crippen molar-refractivity contribution in [2.45, 2.75) is 19.3 Å². The lowest BCUT2D eigenvalue weighted by Gasteiger charge is -1.98. The van der Waals surface area contributed by atoms with Crippen LogP contribution in [0.2, 0.25) is 0 Å². The van der Waals surface area contributed by atoms with Crippen LogP contribution in [0.15, 0.2) is 0 Å². The summed E-state index contributed by atoms with van der Waals surface area (Å²) in [5, 5.41) is 10.3. The summed E-state index contributed by atoms with van der Waals surface area (Å²) in [6.45, 7) is 0.0594. The number of unbranched alkanes of at least 4 members (excludes halogenated alkanes) is 1. The number of rotatable bonds is 4. The molecule has 0 aliphatic rings. The molecular formula is C6H12N2O3. The number of hydrogen-bond acceptors (Lipinski definition) is 3. The first-order valence-electron chi connectivity index (χ1n) is 3.37. The summed E-state index contributed by atoms with van der Waals surface area (Å²) in [6.07, 6.45) is 1.35. The molecule has 0 aromatic carbocycles. The van der Waals surface area contributed by atoms with E-state index in [0.717, 1.165) is 0 Å². The van der Waals surface area contributed by atoms with Crippen LogP contribution < -0.4 is 11.1 Å². The van der Waals surface area contributed by atoms with Gasteiger partial charge in [-0.1, -0.05) is 0 Å². The zero-order chi connectivity index (χ0) is 8.69. The van der Waals surface area contributed by atoms with Gasteiger partial charge in [0.1, 0.15) is 0 Å². The molecule has 0 saturated carbocycles. The van der Waals surface area contributed by atoms with Crippen molar-refractivity contribution in [3.63, 3.8) is 0 Å². The molecule has 0 aromatic rings. The topological polar surface area (TPSA) is 92.4 Å². The Bertz CT molecular complexity index is 147. The summed E-state index contributed by atoms with van der Waals surface area (Å²) < 4.78 is 0. The zero-order valence-electron chi connectivity index (χ0n) is 6.17. The van der Waals surface area contributed by atoms with E-state index in [1.165, 1.54) is 0 Å². The van der Waals surface area contributed by atoms with E-state index < -0.39 is 11.9 Å². The molecule has 0 rings (SSSR count). The number of amides is 3. The Kier molecular flexibility index (Phi) is 5.10. The van der Waals surface area contributed by atoms with Crippen molar-refractivity contribution < 1.29 is 14.7 Å². The molecule has 0 radical (unpaired) electrons. The van der Waals surface area contributed by atoms with Crippen LogP contribution in [0, 0.1) is 0 Å². The lowest BCUT2D eigenvalue weighted by atomic mass is 10.2. The SMILES string of the molecule is NC(=O)NC(=O)CCCCO. The molecule has 0 spiro atoms. The fraction of sp³-hybridized carbons (Fsp3) is 0.667. The molecule has 0 saturated heterocycles. The lowest BCUT2D eigenvalue weighted by Crippen LogP contribution is -2.34. The Morgan fingerprint density at radius 2 is 2.00 bits per heavy atom. The van der Waals surface area contributed by atoms with Crippen molar-refractivity contribution in [3.05, 3.63) is 0 Å². The molecule has 11 heavy (non-hydrogen) atoms. The summed E-state index contributed by atoms with van der Waals surface area (Å²) in [5.74, 6) is -0.397. The monoisotopic (exact) mass is 160 g/mol. The van der Waals surface area contributed by atoms with Gasteiger partial charge in [0.25, 0.3) is 0 Å². The van der Waals surface area contributed by atoms with Gasteiger partial charge in [-0.05, 0) is 12.8 Å². The van der Waals surface area contributed by atoms with Gasteiger partial charge in [0.2, 0.25) is 5.91 Å². The number of carbonyl (C=O) groups is 2. The molecule has 0 aromatic heterocycles. The average Bonchev–Trinajstić information content (AvgIpc) is 1.86. The number of hydrogen-bond donors (Lipinski definition) is 3. The fourth-order valence-corrected chi connectivity index (χ4v) is 0.597. The third-order valence-electron chi connectivity index (χ3n) is 1.07. The molecule has 0 bridgehead atoms. The van der Waals surface area contributed by atoms with Gasteiger partial charge in [0, 0.05) is 13.0 Å². The first-order chi connectivity index (χ1) is 5.16. The summed E-state index contributed by atoms with van der Waals surface area (Å²) in [5.41, 5.74) is 4.68. The smallest absolute Gasteiger partial charge is 0.318 e. The largest absolute Gasteiger partial charge is 0.396 e. The van der Waals surface area contributed by atoms with Gasteiger partial charge < -0.3 is 10.8 Å². The maximum absolute atomic E-state index is 10.6. The zero-order valence-corrected chi connectivity index (χ0v) is 6.17. The number of aliphatic hydroxyl groups is 1. The molecule has 5 nitrogen and oxygen atoms in total. The predicted octanol–water partition coefficient (Wildman–Crippen LogP) is -0.656. The Morgan fingerprint density at radius 3 is 2.45 bits per heavy atom. The van der Waals surface area contributed by atoms with Gasteiger partial charge in [0.15, 0.2) is 0 Å². The van der Waals surface area contributed by atoms with E-state index in [2.05, 4.69) is 5.73 Å². The standard InChI is InChI=1S/C6H12N2O3/c7-6(11)8-5(10)3-1-2-4-9/h9H,1-4H2,(H3,7,8,10,11). The minimum Gasteiger partial charge on any atom is -0.396 e. The van der Waals surface area contributed by atoms with Gasteiger partial charge in [0.05, 0.1) is 0 Å². The van der Waals surface area contributed by atoms with Crippen molar-refractivity contribution in [2.24, 2.45) is 5.73 Å². The normalized spacial score (nSPS) is 9.18. The highest BCUT2D eigenvalue weighted by Crippen LogP contribution is 1.92. The minimum absolute atomic E-state index is 0.0594. The maximum atomic E-state index is 10.6. The van der Waals surface area contributed by atoms with E-state index >= 15 is 0 Å². The van der Waals surface area contributed by atoms with Crippen LogP contribution in [0.1, 0.15) is 19.3 Å². The molecule has 4 N–H and O–H groups in total. The first kappa shape index (κ1) is 9.90. The maximum Gasteiger partial charge on any atom is 0.318 e. The Morgan fingerprint density at radius 1 is 1.36 bits per heavy atom. The van der Waals surface area contributed by atoms with Crippen molar-refractivity contribution in [1.29, 1.82) is 0 Å². The summed E-state index contributed by atoms with van der Waals surface area (Å²) >= 11 is 0. The quantitative estimate of drug-likeness (QED) is 0.477. The van der Waals surface area contributed by atoms with Gasteiger partial charge >= 0.3 is 6.03 Å². The highest BCUT2D eigenvalue weighted by molar-refractivity contribution is 5.93. The van der Waals surface area contributed by atoms with Gasteiger partial charge in [-0.25, -0.2) is 4.79 Å². The van der Waals surface area contributed by atoms with E-state index in [9.17, 15) is 9.59 Å². The molecule has 64 valence electrons. The van der Waals surface area contributed by atoms with E-state index in [1.807, 2.05) is 5.32 Å². The highest BCUT2D eigenvalue weighted by Gasteiger charge is 2.01. The molecule has 0 aliphatic carbocycles. The fourth-order valence-electron chi connectivity index (χ4n) is 0.597. The van der Waals surface area contributed by atoms with E-state index in [-0.39, 0.29) is 13.0 Å². The number of nitrogens with one attached hydrogen (secondary N) is 1.